The molecule has 0 spiro atoms. The summed E-state index contributed by atoms with van der Waals surface area (Å²) < 4.78 is 1.16. The number of nitrogens with two attached hydrogens (primary N) is 1. The van der Waals surface area contributed by atoms with Gasteiger partial charge in [-0.15, -0.1) is 0 Å². The van der Waals surface area contributed by atoms with E-state index >= 15 is 0 Å². The molecule has 0 aliphatic carbocycles. The van der Waals surface area contributed by atoms with Gasteiger partial charge in [-0.05, 0) is 61.4 Å². The third-order valence-corrected chi connectivity index (χ3v) is 5.54. The molecule has 0 atom stereocenters. The molecule has 26 heavy (non-hydrogen) atoms. The zero-order chi connectivity index (χ0) is 18.6. The lowest BCUT2D eigenvalue weighted by atomic mass is 9.90. The number of anilines is 2. The highest BCUT2D eigenvalue weighted by molar-refractivity contribution is 6.07. The monoisotopic (exact) mass is 352 g/mol. The van der Waals surface area contributed by atoms with E-state index in [1.165, 1.54) is 37.9 Å². The van der Waals surface area contributed by atoms with Gasteiger partial charge >= 0.3 is 0 Å². The van der Waals surface area contributed by atoms with Gasteiger partial charge in [-0.25, -0.2) is 0 Å². The summed E-state index contributed by atoms with van der Waals surface area (Å²) in [5.41, 5.74) is 9.01. The lowest BCUT2D eigenvalue weighted by molar-refractivity contribution is -0.896. The second kappa shape index (κ2) is 7.92. The molecule has 3 N–H and O–H groups in total. The van der Waals surface area contributed by atoms with E-state index in [1.807, 2.05) is 24.3 Å². The number of rotatable bonds is 5. The molecule has 2 aromatic rings. The smallest absolute Gasteiger partial charge is 0.257 e. The van der Waals surface area contributed by atoms with E-state index < -0.39 is 0 Å². The maximum Gasteiger partial charge on any atom is 0.257 e. The standard InChI is InChI=1S/C22H29N3O/c1-25(2)15-13-18(14-16-25)8-7-17-9-11-19(12-10-17)24-22(26)20-5-3-4-6-21(20)23/h3-6,9-12,18H,7-8,13-16H2,1-2H3,(H2-,23,24,26)/p+1. The Morgan fingerprint density at radius 3 is 2.38 bits per heavy atom. The summed E-state index contributed by atoms with van der Waals surface area (Å²) in [6, 6.07) is 15.3. The predicted octanol–water partition coefficient (Wildman–Crippen LogP) is 3.94. The van der Waals surface area contributed by atoms with Crippen molar-refractivity contribution in [3.8, 4) is 0 Å². The van der Waals surface area contributed by atoms with Crippen LogP contribution in [0.1, 0.15) is 35.2 Å². The van der Waals surface area contributed by atoms with Crippen molar-refractivity contribution in [2.24, 2.45) is 5.92 Å². The third kappa shape index (κ3) is 4.85. The largest absolute Gasteiger partial charge is 0.398 e. The molecule has 1 fully saturated rings. The molecule has 0 bridgehead atoms. The highest BCUT2D eigenvalue weighted by atomic mass is 16.1. The zero-order valence-corrected chi connectivity index (χ0v) is 15.9. The average Bonchev–Trinajstić information content (AvgIpc) is 2.62. The van der Waals surface area contributed by atoms with Crippen LogP contribution < -0.4 is 11.1 Å². The minimum Gasteiger partial charge on any atom is -0.398 e. The molecule has 0 radical (unpaired) electrons. The maximum absolute atomic E-state index is 12.3. The number of nitrogens with zero attached hydrogens (tertiary/aromatic N) is 1. The van der Waals surface area contributed by atoms with Crippen LogP contribution in [0.15, 0.2) is 48.5 Å². The van der Waals surface area contributed by atoms with Gasteiger partial charge in [0.25, 0.3) is 5.91 Å². The van der Waals surface area contributed by atoms with Crippen LogP contribution in [-0.4, -0.2) is 37.6 Å². The molecular formula is C22H30N3O+. The molecule has 1 aliphatic rings. The fraction of sp³-hybridized carbons (Fsp3) is 0.409. The predicted molar refractivity (Wildman–Crippen MR) is 108 cm³/mol. The number of amides is 1. The van der Waals surface area contributed by atoms with E-state index in [0.29, 0.717) is 11.3 Å². The van der Waals surface area contributed by atoms with Crippen LogP contribution in [0.25, 0.3) is 0 Å². The number of hydrogen-bond donors (Lipinski definition) is 2. The van der Waals surface area contributed by atoms with Crippen LogP contribution in [0.4, 0.5) is 11.4 Å². The van der Waals surface area contributed by atoms with Crippen LogP contribution in [-0.2, 0) is 6.42 Å². The zero-order valence-electron chi connectivity index (χ0n) is 15.9. The van der Waals surface area contributed by atoms with Crippen LogP contribution in [0, 0.1) is 5.92 Å². The summed E-state index contributed by atoms with van der Waals surface area (Å²) in [6.07, 6.45) is 5.03. The Balaban J connectivity index is 1.51. The molecule has 1 heterocycles. The Morgan fingerprint density at radius 2 is 1.73 bits per heavy atom. The van der Waals surface area contributed by atoms with Crippen molar-refractivity contribution in [1.82, 2.24) is 0 Å². The van der Waals surface area contributed by atoms with Gasteiger partial charge in [-0.3, -0.25) is 4.79 Å². The van der Waals surface area contributed by atoms with E-state index in [4.69, 9.17) is 5.73 Å². The van der Waals surface area contributed by atoms with Crippen molar-refractivity contribution in [3.05, 3.63) is 59.7 Å². The molecule has 1 amide bonds. The van der Waals surface area contributed by atoms with Gasteiger partial charge in [-0.2, -0.15) is 0 Å². The van der Waals surface area contributed by atoms with Crippen molar-refractivity contribution in [1.29, 1.82) is 0 Å². The SMILES string of the molecule is C[N+]1(C)CCC(CCc2ccc(NC(=O)c3ccccc3N)cc2)CC1. The summed E-state index contributed by atoms with van der Waals surface area (Å²) in [4.78, 5) is 12.3. The first kappa shape index (κ1) is 18.5. The molecule has 1 saturated heterocycles. The van der Waals surface area contributed by atoms with Crippen LogP contribution in [0.2, 0.25) is 0 Å². The number of nitrogen functional groups attached to an aromatic ring is 1. The topological polar surface area (TPSA) is 55.1 Å². The number of benzene rings is 2. The van der Waals surface area contributed by atoms with Crippen molar-refractivity contribution in [2.75, 3.05) is 38.2 Å². The van der Waals surface area contributed by atoms with Gasteiger partial charge in [0, 0.05) is 11.4 Å². The molecule has 138 valence electrons. The molecule has 3 rings (SSSR count). The van der Waals surface area contributed by atoms with Crippen LogP contribution in [0.5, 0.6) is 0 Å². The average molecular weight is 353 g/mol. The Morgan fingerprint density at radius 1 is 1.08 bits per heavy atom. The maximum atomic E-state index is 12.3. The number of carbonyl (C=O) groups is 1. The minimum absolute atomic E-state index is 0.168. The molecule has 1 aliphatic heterocycles. The number of aryl methyl sites for hydroxylation is 1. The molecule has 4 nitrogen and oxygen atoms in total. The fourth-order valence-corrected chi connectivity index (χ4v) is 3.64. The van der Waals surface area contributed by atoms with Gasteiger partial charge in [0.05, 0.1) is 32.7 Å². The summed E-state index contributed by atoms with van der Waals surface area (Å²) >= 11 is 0. The lowest BCUT2D eigenvalue weighted by Crippen LogP contribution is -2.46. The first-order chi connectivity index (χ1) is 12.4. The molecule has 0 aromatic heterocycles. The third-order valence-electron chi connectivity index (χ3n) is 5.54. The second-order valence-corrected chi connectivity index (χ2v) is 8.10. The quantitative estimate of drug-likeness (QED) is 0.632. The number of hydrogen-bond acceptors (Lipinski definition) is 2. The molecule has 2 aromatic carbocycles. The number of quaternary nitrogens is 1. The summed E-state index contributed by atoms with van der Waals surface area (Å²) in [6.45, 7) is 2.58. The van der Waals surface area contributed by atoms with E-state index in [-0.39, 0.29) is 5.91 Å². The molecule has 0 saturated carbocycles. The minimum atomic E-state index is -0.168. The van der Waals surface area contributed by atoms with Crippen LogP contribution >= 0.6 is 0 Å². The second-order valence-electron chi connectivity index (χ2n) is 8.10. The summed E-state index contributed by atoms with van der Waals surface area (Å²) in [5, 5.41) is 2.92. The Labute approximate surface area is 156 Å². The van der Waals surface area contributed by atoms with Crippen molar-refractivity contribution in [3.63, 3.8) is 0 Å². The van der Waals surface area contributed by atoms with E-state index in [1.54, 1.807) is 12.1 Å². The highest BCUT2D eigenvalue weighted by Crippen LogP contribution is 2.25. The Bertz CT molecular complexity index is 742. The summed E-state index contributed by atoms with van der Waals surface area (Å²) in [5.74, 6) is 0.681. The van der Waals surface area contributed by atoms with Gasteiger partial charge < -0.3 is 15.5 Å². The lowest BCUT2D eigenvalue weighted by Gasteiger charge is -2.37. The molecule has 4 heteroatoms. The first-order valence-corrected chi connectivity index (χ1v) is 9.50. The van der Waals surface area contributed by atoms with Crippen molar-refractivity contribution in [2.45, 2.75) is 25.7 Å². The number of carbonyl (C=O) groups excluding carboxylic acids is 1. The summed E-state index contributed by atoms with van der Waals surface area (Å²) in [7, 11) is 4.65. The number of nitrogens with one attached hydrogen (secondary N) is 1. The number of piperidine rings is 1. The van der Waals surface area contributed by atoms with Gasteiger partial charge in [0.1, 0.15) is 0 Å². The highest BCUT2D eigenvalue weighted by Gasteiger charge is 2.25. The van der Waals surface area contributed by atoms with Crippen molar-refractivity contribution >= 4 is 17.3 Å². The number of para-hydroxylation sites is 1. The normalized spacial score (nSPS) is 17.0. The molecular weight excluding hydrogens is 322 g/mol. The van der Waals surface area contributed by atoms with E-state index in [2.05, 4.69) is 31.5 Å². The Hall–Kier alpha value is -2.33. The number of likely N-dealkylation sites (tertiary alicyclic amines) is 1. The van der Waals surface area contributed by atoms with Gasteiger partial charge in [0.2, 0.25) is 0 Å². The van der Waals surface area contributed by atoms with Gasteiger partial charge in [0.15, 0.2) is 0 Å². The van der Waals surface area contributed by atoms with Crippen LogP contribution in [0.3, 0.4) is 0 Å². The van der Waals surface area contributed by atoms with E-state index in [0.717, 1.165) is 22.5 Å². The first-order valence-electron chi connectivity index (χ1n) is 9.50. The fourth-order valence-electron chi connectivity index (χ4n) is 3.64. The van der Waals surface area contributed by atoms with Crippen molar-refractivity contribution < 1.29 is 9.28 Å². The Kier molecular flexibility index (Phi) is 5.62. The van der Waals surface area contributed by atoms with E-state index in [9.17, 15) is 4.79 Å². The van der Waals surface area contributed by atoms with Gasteiger partial charge in [-0.1, -0.05) is 24.3 Å². The molecule has 0 unspecified atom stereocenters.